The molecule has 3 aromatic rings. The molecule has 92 valence electrons. The zero-order chi connectivity index (χ0) is 13.2. The molecule has 4 heteroatoms. The van der Waals surface area contributed by atoms with Gasteiger partial charge in [0, 0.05) is 28.9 Å². The molecule has 2 N–H and O–H groups in total. The lowest BCUT2D eigenvalue weighted by atomic mass is 10.00. The molecule has 0 aliphatic heterocycles. The summed E-state index contributed by atoms with van der Waals surface area (Å²) in [7, 11) is 0. The average molecular weight is 249 g/mol. The van der Waals surface area contributed by atoms with Gasteiger partial charge in [0.15, 0.2) is 5.65 Å². The Balaban J connectivity index is 2.22. The molecule has 0 spiro atoms. The van der Waals surface area contributed by atoms with E-state index in [1.165, 1.54) is 0 Å². The maximum atomic E-state index is 11.4. The predicted molar refractivity (Wildman–Crippen MR) is 73.5 cm³/mol. The van der Waals surface area contributed by atoms with Gasteiger partial charge in [-0.25, -0.2) is 9.97 Å². The number of primary amides is 1. The molecule has 2 heterocycles. The van der Waals surface area contributed by atoms with Crippen LogP contribution in [0.2, 0.25) is 0 Å². The third-order valence-corrected chi connectivity index (χ3v) is 2.96. The maximum absolute atomic E-state index is 11.4. The first-order valence-corrected chi connectivity index (χ1v) is 5.86. The number of aromatic nitrogens is 2. The number of benzene rings is 1. The van der Waals surface area contributed by atoms with Crippen LogP contribution in [0, 0.1) is 0 Å². The largest absolute Gasteiger partial charge is 0.366 e. The number of nitrogens with two attached hydrogens (primary N) is 1. The molecule has 3 rings (SSSR count). The molecule has 0 fully saturated rings. The van der Waals surface area contributed by atoms with E-state index >= 15 is 0 Å². The van der Waals surface area contributed by atoms with Gasteiger partial charge in [-0.2, -0.15) is 0 Å². The highest BCUT2D eigenvalue weighted by Crippen LogP contribution is 2.25. The number of hydrogen-bond donors (Lipinski definition) is 1. The minimum Gasteiger partial charge on any atom is -0.366 e. The van der Waals surface area contributed by atoms with Gasteiger partial charge >= 0.3 is 0 Å². The van der Waals surface area contributed by atoms with Gasteiger partial charge in [0.05, 0.1) is 0 Å². The van der Waals surface area contributed by atoms with Gasteiger partial charge < -0.3 is 5.73 Å². The number of fused-ring (bicyclic) bond motifs is 1. The highest BCUT2D eigenvalue weighted by Gasteiger charge is 2.10. The van der Waals surface area contributed by atoms with Crippen molar-refractivity contribution in [3.05, 3.63) is 60.4 Å². The Hall–Kier alpha value is -2.75. The Bertz CT molecular complexity index is 768. The minimum atomic E-state index is -0.443. The zero-order valence-corrected chi connectivity index (χ0v) is 10.1. The molecule has 0 saturated heterocycles. The fourth-order valence-electron chi connectivity index (χ4n) is 2.06. The van der Waals surface area contributed by atoms with Crippen molar-refractivity contribution >= 4 is 16.9 Å². The fourth-order valence-corrected chi connectivity index (χ4v) is 2.06. The fraction of sp³-hybridized carbons (Fsp3) is 0. The molecular weight excluding hydrogens is 238 g/mol. The molecule has 0 unspecified atom stereocenters. The first-order valence-electron chi connectivity index (χ1n) is 5.86. The van der Waals surface area contributed by atoms with E-state index < -0.39 is 5.91 Å². The summed E-state index contributed by atoms with van der Waals surface area (Å²) < 4.78 is 0. The third-order valence-electron chi connectivity index (χ3n) is 2.96. The van der Waals surface area contributed by atoms with Gasteiger partial charge in [-0.15, -0.1) is 0 Å². The summed E-state index contributed by atoms with van der Waals surface area (Å²) in [5.74, 6) is -0.443. The number of hydrogen-bond acceptors (Lipinski definition) is 3. The molecule has 19 heavy (non-hydrogen) atoms. The smallest absolute Gasteiger partial charge is 0.249 e. The second-order valence-corrected chi connectivity index (χ2v) is 4.18. The van der Waals surface area contributed by atoms with Crippen LogP contribution in [0.25, 0.3) is 22.2 Å². The van der Waals surface area contributed by atoms with Crippen molar-refractivity contribution in [2.45, 2.75) is 0 Å². The standard InChI is InChI=1S/C15H11N3O/c16-14(19)13-6-2-1-5-12(13)11-8-10-4-3-7-17-15(10)18-9-11/h1-9H,(H2,16,19). The second kappa shape index (κ2) is 4.49. The van der Waals surface area contributed by atoms with Crippen molar-refractivity contribution in [3.63, 3.8) is 0 Å². The lowest BCUT2D eigenvalue weighted by molar-refractivity contribution is 0.100. The van der Waals surface area contributed by atoms with Crippen molar-refractivity contribution in [3.8, 4) is 11.1 Å². The monoisotopic (exact) mass is 249 g/mol. The molecule has 0 atom stereocenters. The summed E-state index contributed by atoms with van der Waals surface area (Å²) in [6.45, 7) is 0. The van der Waals surface area contributed by atoms with Crippen LogP contribution in [0.3, 0.4) is 0 Å². The summed E-state index contributed by atoms with van der Waals surface area (Å²) >= 11 is 0. The number of nitrogens with zero attached hydrogens (tertiary/aromatic N) is 2. The molecule has 1 aromatic carbocycles. The lowest BCUT2D eigenvalue weighted by Gasteiger charge is -2.07. The Morgan fingerprint density at radius 3 is 2.74 bits per heavy atom. The maximum Gasteiger partial charge on any atom is 0.249 e. The van der Waals surface area contributed by atoms with E-state index in [-0.39, 0.29) is 0 Å². The summed E-state index contributed by atoms with van der Waals surface area (Å²) in [5, 5.41) is 0.930. The highest BCUT2D eigenvalue weighted by atomic mass is 16.1. The predicted octanol–water partition coefficient (Wildman–Crippen LogP) is 2.40. The zero-order valence-electron chi connectivity index (χ0n) is 10.1. The van der Waals surface area contributed by atoms with Gasteiger partial charge in [-0.1, -0.05) is 18.2 Å². The molecule has 0 bridgehead atoms. The number of carbonyl (C=O) groups excluding carboxylic acids is 1. The first kappa shape index (κ1) is 11.3. The van der Waals surface area contributed by atoms with E-state index in [0.29, 0.717) is 11.2 Å². The summed E-state index contributed by atoms with van der Waals surface area (Å²) in [4.78, 5) is 19.9. The van der Waals surface area contributed by atoms with E-state index in [9.17, 15) is 4.79 Å². The van der Waals surface area contributed by atoms with Gasteiger partial charge in [-0.05, 0) is 29.8 Å². The Morgan fingerprint density at radius 2 is 1.89 bits per heavy atom. The number of pyridine rings is 2. The summed E-state index contributed by atoms with van der Waals surface area (Å²) in [6.07, 6.45) is 3.41. The van der Waals surface area contributed by atoms with Crippen LogP contribution >= 0.6 is 0 Å². The second-order valence-electron chi connectivity index (χ2n) is 4.18. The number of rotatable bonds is 2. The first-order chi connectivity index (χ1) is 9.25. The van der Waals surface area contributed by atoms with E-state index in [0.717, 1.165) is 16.5 Å². The normalized spacial score (nSPS) is 10.5. The van der Waals surface area contributed by atoms with Crippen LogP contribution in [-0.2, 0) is 0 Å². The molecule has 1 amide bonds. The van der Waals surface area contributed by atoms with Gasteiger partial charge in [0.25, 0.3) is 0 Å². The van der Waals surface area contributed by atoms with Crippen LogP contribution < -0.4 is 5.73 Å². The topological polar surface area (TPSA) is 68.9 Å². The van der Waals surface area contributed by atoms with Crippen LogP contribution in [0.1, 0.15) is 10.4 Å². The van der Waals surface area contributed by atoms with Crippen LogP contribution in [0.4, 0.5) is 0 Å². The summed E-state index contributed by atoms with van der Waals surface area (Å²) in [5.41, 5.74) is 8.21. The van der Waals surface area contributed by atoms with Crippen molar-refractivity contribution < 1.29 is 4.79 Å². The third kappa shape index (κ3) is 2.04. The van der Waals surface area contributed by atoms with Crippen molar-refractivity contribution in [2.75, 3.05) is 0 Å². The Morgan fingerprint density at radius 1 is 1.05 bits per heavy atom. The van der Waals surface area contributed by atoms with Crippen LogP contribution in [0.5, 0.6) is 0 Å². The molecule has 4 nitrogen and oxygen atoms in total. The SMILES string of the molecule is NC(=O)c1ccccc1-c1cnc2ncccc2c1. The molecule has 0 radical (unpaired) electrons. The van der Waals surface area contributed by atoms with Crippen molar-refractivity contribution in [1.82, 2.24) is 9.97 Å². The van der Waals surface area contributed by atoms with E-state index in [4.69, 9.17) is 5.73 Å². The molecule has 0 aliphatic rings. The van der Waals surface area contributed by atoms with E-state index in [1.807, 2.05) is 30.3 Å². The highest BCUT2D eigenvalue weighted by molar-refractivity contribution is 6.00. The average Bonchev–Trinajstić information content (AvgIpc) is 2.46. The number of carbonyl (C=O) groups is 1. The van der Waals surface area contributed by atoms with Crippen LogP contribution in [0.15, 0.2) is 54.9 Å². The van der Waals surface area contributed by atoms with Crippen LogP contribution in [-0.4, -0.2) is 15.9 Å². The lowest BCUT2D eigenvalue weighted by Crippen LogP contribution is -2.12. The van der Waals surface area contributed by atoms with Gasteiger partial charge in [0.1, 0.15) is 0 Å². The molecule has 0 aliphatic carbocycles. The Labute approximate surface area is 109 Å². The van der Waals surface area contributed by atoms with Crippen molar-refractivity contribution in [1.29, 1.82) is 0 Å². The minimum absolute atomic E-state index is 0.443. The number of amides is 1. The molecule has 0 saturated carbocycles. The Kier molecular flexibility index (Phi) is 2.68. The van der Waals surface area contributed by atoms with E-state index in [2.05, 4.69) is 9.97 Å². The van der Waals surface area contributed by atoms with Gasteiger partial charge in [0.2, 0.25) is 5.91 Å². The van der Waals surface area contributed by atoms with Crippen molar-refractivity contribution in [2.24, 2.45) is 5.73 Å². The van der Waals surface area contributed by atoms with E-state index in [1.54, 1.807) is 24.5 Å². The quantitative estimate of drug-likeness (QED) is 0.758. The summed E-state index contributed by atoms with van der Waals surface area (Å²) in [6, 6.07) is 13.0. The molecule has 2 aromatic heterocycles. The van der Waals surface area contributed by atoms with Gasteiger partial charge in [-0.3, -0.25) is 4.79 Å². The molecular formula is C15H11N3O.